The van der Waals surface area contributed by atoms with E-state index in [1.165, 1.54) is 0 Å². The van der Waals surface area contributed by atoms with Gasteiger partial charge in [0.05, 0.1) is 16.8 Å². The van der Waals surface area contributed by atoms with Gasteiger partial charge in [0.25, 0.3) is 5.91 Å². The Morgan fingerprint density at radius 2 is 1.57 bits per heavy atom. The molecule has 0 unspecified atom stereocenters. The fourth-order valence-corrected chi connectivity index (χ4v) is 3.14. The lowest BCUT2D eigenvalue weighted by Gasteiger charge is -2.09. The molecule has 0 aliphatic rings. The number of nitrogen functional groups attached to an aromatic ring is 1. The number of hydrazine groups is 1. The molecule has 2 aromatic carbocycles. The third-order valence-corrected chi connectivity index (χ3v) is 4.67. The van der Waals surface area contributed by atoms with Gasteiger partial charge in [0, 0.05) is 36.1 Å². The minimum Gasteiger partial charge on any atom is -0.388 e. The van der Waals surface area contributed by atoms with E-state index in [0.717, 1.165) is 22.4 Å². The fraction of sp³-hybridized carbons (Fsp3) is 0.0455. The highest BCUT2D eigenvalue weighted by molar-refractivity contribution is 6.06. The molecule has 138 valence electrons. The van der Waals surface area contributed by atoms with Crippen molar-refractivity contribution in [3.8, 4) is 22.4 Å². The first kappa shape index (κ1) is 17.6. The van der Waals surface area contributed by atoms with Crippen LogP contribution in [0.3, 0.4) is 0 Å². The Hall–Kier alpha value is -3.77. The van der Waals surface area contributed by atoms with Crippen LogP contribution in [0, 0.1) is 0 Å². The average molecular weight is 369 g/mol. The highest BCUT2D eigenvalue weighted by atomic mass is 16.2. The van der Waals surface area contributed by atoms with Crippen molar-refractivity contribution in [2.45, 2.75) is 0 Å². The van der Waals surface area contributed by atoms with E-state index in [9.17, 15) is 4.79 Å². The van der Waals surface area contributed by atoms with Gasteiger partial charge in [-0.25, -0.2) is 10.8 Å². The van der Waals surface area contributed by atoms with Gasteiger partial charge >= 0.3 is 0 Å². The number of hydrogen-bond acceptors (Lipinski definition) is 5. The molecule has 0 spiro atoms. The maximum atomic E-state index is 12.2. The molecule has 0 radical (unpaired) electrons. The SMILES string of the molecule is CNc1ccc(-c2ccc(-c3cc(C(=O)NN)c4cnccc4n3)cc2)cc1. The zero-order valence-electron chi connectivity index (χ0n) is 15.3. The molecule has 2 heterocycles. The largest absolute Gasteiger partial charge is 0.388 e. The number of nitrogens with one attached hydrogen (secondary N) is 2. The van der Waals surface area contributed by atoms with Gasteiger partial charge < -0.3 is 5.32 Å². The van der Waals surface area contributed by atoms with Gasteiger partial charge in [-0.05, 0) is 35.4 Å². The van der Waals surface area contributed by atoms with Crippen molar-refractivity contribution >= 4 is 22.5 Å². The Morgan fingerprint density at radius 1 is 0.929 bits per heavy atom. The first-order valence-corrected chi connectivity index (χ1v) is 8.84. The lowest BCUT2D eigenvalue weighted by molar-refractivity contribution is 0.0955. The molecule has 0 saturated heterocycles. The second-order valence-corrected chi connectivity index (χ2v) is 6.33. The summed E-state index contributed by atoms with van der Waals surface area (Å²) in [5.74, 6) is 4.97. The number of anilines is 1. The summed E-state index contributed by atoms with van der Waals surface area (Å²) in [7, 11) is 1.90. The van der Waals surface area contributed by atoms with Crippen molar-refractivity contribution in [1.29, 1.82) is 0 Å². The summed E-state index contributed by atoms with van der Waals surface area (Å²) >= 11 is 0. The third kappa shape index (κ3) is 3.28. The summed E-state index contributed by atoms with van der Waals surface area (Å²) in [5.41, 5.74) is 8.26. The van der Waals surface area contributed by atoms with Crippen molar-refractivity contribution in [2.24, 2.45) is 5.84 Å². The topological polar surface area (TPSA) is 92.9 Å². The van der Waals surface area contributed by atoms with Crippen molar-refractivity contribution < 1.29 is 4.79 Å². The van der Waals surface area contributed by atoms with Crippen LogP contribution in [0.5, 0.6) is 0 Å². The number of aromatic nitrogens is 2. The van der Waals surface area contributed by atoms with Crippen molar-refractivity contribution in [2.75, 3.05) is 12.4 Å². The number of rotatable bonds is 4. The standard InChI is InChI=1S/C22H19N5O/c1-24-17-8-6-15(7-9-17)14-2-4-16(5-3-14)21-12-18(22(28)27-23)19-13-25-11-10-20(19)26-21/h2-13,24H,23H2,1H3,(H,27,28). The number of carbonyl (C=O) groups is 1. The van der Waals surface area contributed by atoms with Gasteiger partial charge in [-0.3, -0.25) is 15.2 Å². The van der Waals surface area contributed by atoms with Crippen LogP contribution < -0.4 is 16.6 Å². The number of nitrogens with two attached hydrogens (primary N) is 1. The molecule has 0 bridgehead atoms. The number of benzene rings is 2. The van der Waals surface area contributed by atoms with Crippen LogP contribution in [0.4, 0.5) is 5.69 Å². The Kier molecular flexibility index (Phi) is 4.70. The summed E-state index contributed by atoms with van der Waals surface area (Å²) in [5, 5.41) is 3.78. The normalized spacial score (nSPS) is 10.6. The molecule has 4 rings (SSSR count). The molecule has 2 aromatic heterocycles. The van der Waals surface area contributed by atoms with Gasteiger partial charge in [-0.2, -0.15) is 0 Å². The number of hydrogen-bond donors (Lipinski definition) is 3. The van der Waals surface area contributed by atoms with E-state index in [0.29, 0.717) is 22.2 Å². The number of fused-ring (bicyclic) bond motifs is 1. The molecule has 0 aliphatic carbocycles. The van der Waals surface area contributed by atoms with Gasteiger partial charge in [0.1, 0.15) is 0 Å². The van der Waals surface area contributed by atoms with Crippen molar-refractivity contribution in [1.82, 2.24) is 15.4 Å². The average Bonchev–Trinajstić information content (AvgIpc) is 2.78. The van der Waals surface area contributed by atoms with Crippen LogP contribution in [0.2, 0.25) is 0 Å². The summed E-state index contributed by atoms with van der Waals surface area (Å²) in [4.78, 5) is 21.0. The Morgan fingerprint density at radius 3 is 2.21 bits per heavy atom. The molecule has 4 N–H and O–H groups in total. The van der Waals surface area contributed by atoms with Gasteiger partial charge in [0.2, 0.25) is 0 Å². The highest BCUT2D eigenvalue weighted by Gasteiger charge is 2.13. The molecular formula is C22H19N5O. The molecule has 0 aliphatic heterocycles. The molecule has 6 heteroatoms. The highest BCUT2D eigenvalue weighted by Crippen LogP contribution is 2.27. The predicted octanol–water partition coefficient (Wildman–Crippen LogP) is 3.61. The van der Waals surface area contributed by atoms with Gasteiger partial charge in [-0.15, -0.1) is 0 Å². The Balaban J connectivity index is 1.74. The minimum absolute atomic E-state index is 0.372. The van der Waals surface area contributed by atoms with Gasteiger partial charge in [-0.1, -0.05) is 36.4 Å². The second kappa shape index (κ2) is 7.46. The zero-order chi connectivity index (χ0) is 19.5. The molecule has 6 nitrogen and oxygen atoms in total. The molecular weight excluding hydrogens is 350 g/mol. The molecule has 0 atom stereocenters. The smallest absolute Gasteiger partial charge is 0.265 e. The summed E-state index contributed by atoms with van der Waals surface area (Å²) < 4.78 is 0. The van der Waals surface area contributed by atoms with E-state index < -0.39 is 0 Å². The van der Waals surface area contributed by atoms with Crippen LogP contribution in [0.25, 0.3) is 33.3 Å². The summed E-state index contributed by atoms with van der Waals surface area (Å²) in [6, 6.07) is 19.8. The number of carbonyl (C=O) groups excluding carboxylic acids is 1. The molecule has 1 amide bonds. The number of pyridine rings is 2. The summed E-state index contributed by atoms with van der Waals surface area (Å²) in [6.45, 7) is 0. The van der Waals surface area contributed by atoms with E-state index in [1.807, 2.05) is 43.4 Å². The zero-order valence-corrected chi connectivity index (χ0v) is 15.3. The monoisotopic (exact) mass is 369 g/mol. The quantitative estimate of drug-likeness (QED) is 0.290. The Bertz CT molecular complexity index is 1140. The lowest BCUT2D eigenvalue weighted by Crippen LogP contribution is -2.30. The number of nitrogens with zero attached hydrogens (tertiary/aromatic N) is 2. The third-order valence-electron chi connectivity index (χ3n) is 4.67. The minimum atomic E-state index is -0.372. The molecule has 28 heavy (non-hydrogen) atoms. The Labute approximate surface area is 162 Å². The van der Waals surface area contributed by atoms with E-state index in [-0.39, 0.29) is 5.91 Å². The molecule has 4 aromatic rings. The summed E-state index contributed by atoms with van der Waals surface area (Å²) in [6.07, 6.45) is 3.27. The van der Waals surface area contributed by atoms with Crippen LogP contribution in [0.1, 0.15) is 10.4 Å². The molecule has 0 fully saturated rings. The first-order chi connectivity index (χ1) is 13.7. The van der Waals surface area contributed by atoms with Crippen LogP contribution in [-0.2, 0) is 0 Å². The van der Waals surface area contributed by atoms with E-state index in [2.05, 4.69) is 32.8 Å². The fourth-order valence-electron chi connectivity index (χ4n) is 3.14. The predicted molar refractivity (Wildman–Crippen MR) is 112 cm³/mol. The van der Waals surface area contributed by atoms with Gasteiger partial charge in [0.15, 0.2) is 0 Å². The second-order valence-electron chi connectivity index (χ2n) is 6.33. The van der Waals surface area contributed by atoms with Crippen molar-refractivity contribution in [3.63, 3.8) is 0 Å². The first-order valence-electron chi connectivity index (χ1n) is 8.84. The number of amides is 1. The van der Waals surface area contributed by atoms with Crippen LogP contribution in [0.15, 0.2) is 73.1 Å². The van der Waals surface area contributed by atoms with E-state index >= 15 is 0 Å². The maximum absolute atomic E-state index is 12.2. The van der Waals surface area contributed by atoms with E-state index in [4.69, 9.17) is 5.84 Å². The molecule has 0 saturated carbocycles. The van der Waals surface area contributed by atoms with Crippen LogP contribution in [-0.4, -0.2) is 22.9 Å². The van der Waals surface area contributed by atoms with Crippen LogP contribution >= 0.6 is 0 Å². The van der Waals surface area contributed by atoms with E-state index in [1.54, 1.807) is 24.5 Å². The lowest BCUT2D eigenvalue weighted by atomic mass is 10.0. The maximum Gasteiger partial charge on any atom is 0.265 e. The van der Waals surface area contributed by atoms with Crippen molar-refractivity contribution in [3.05, 3.63) is 78.6 Å².